The van der Waals surface area contributed by atoms with Crippen molar-refractivity contribution in [1.82, 2.24) is 10.5 Å². The number of benzene rings is 2. The van der Waals surface area contributed by atoms with Crippen molar-refractivity contribution in [3.8, 4) is 0 Å². The monoisotopic (exact) mass is 322 g/mol. The standard InChI is InChI=1S/C18H14N2O2S/c21-17(20-22)11-8-13-6-9-15(10-7-13)23-16-5-1-3-14-4-2-12-19-18(14)16/h1-12,22H,(H,20,21)/b11-8+. The third-order valence-corrected chi connectivity index (χ3v) is 4.30. The number of hydrogen-bond acceptors (Lipinski definition) is 4. The molecule has 0 aliphatic heterocycles. The van der Waals surface area contributed by atoms with Crippen LogP contribution in [0.2, 0.25) is 0 Å². The quantitative estimate of drug-likeness (QED) is 0.434. The van der Waals surface area contributed by atoms with E-state index in [1.54, 1.807) is 29.5 Å². The molecule has 3 rings (SSSR count). The molecular formula is C18H14N2O2S. The number of hydrogen-bond donors (Lipinski definition) is 2. The summed E-state index contributed by atoms with van der Waals surface area (Å²) in [6.45, 7) is 0. The number of aromatic nitrogens is 1. The molecule has 0 spiro atoms. The Bertz CT molecular complexity index is 855. The Kier molecular flexibility index (Phi) is 4.71. The SMILES string of the molecule is O=C(/C=C/c1ccc(Sc2cccc3cccnc23)cc1)NO. The van der Waals surface area contributed by atoms with Gasteiger partial charge in [-0.05, 0) is 35.9 Å². The Morgan fingerprint density at radius 3 is 2.65 bits per heavy atom. The van der Waals surface area contributed by atoms with Crippen LogP contribution in [0.3, 0.4) is 0 Å². The van der Waals surface area contributed by atoms with E-state index in [0.717, 1.165) is 26.3 Å². The Labute approximate surface area is 137 Å². The van der Waals surface area contributed by atoms with Crippen LogP contribution in [-0.4, -0.2) is 16.1 Å². The van der Waals surface area contributed by atoms with Gasteiger partial charge in [0.05, 0.1) is 5.52 Å². The van der Waals surface area contributed by atoms with Crippen molar-refractivity contribution in [3.63, 3.8) is 0 Å². The van der Waals surface area contributed by atoms with Gasteiger partial charge in [-0.15, -0.1) is 0 Å². The van der Waals surface area contributed by atoms with E-state index in [2.05, 4.69) is 11.1 Å². The van der Waals surface area contributed by atoms with E-state index in [4.69, 9.17) is 5.21 Å². The summed E-state index contributed by atoms with van der Waals surface area (Å²) in [5, 5.41) is 9.57. The van der Waals surface area contributed by atoms with Crippen LogP contribution in [0, 0.1) is 0 Å². The van der Waals surface area contributed by atoms with E-state index in [0.29, 0.717) is 0 Å². The lowest BCUT2D eigenvalue weighted by Crippen LogP contribution is -2.14. The van der Waals surface area contributed by atoms with Crippen LogP contribution in [0.25, 0.3) is 17.0 Å². The molecule has 0 radical (unpaired) electrons. The molecule has 1 heterocycles. The molecule has 3 aromatic rings. The second-order valence-corrected chi connectivity index (χ2v) is 5.93. The number of para-hydroxylation sites is 1. The van der Waals surface area contributed by atoms with Gasteiger partial charge in [-0.3, -0.25) is 15.0 Å². The zero-order valence-corrected chi connectivity index (χ0v) is 13.0. The van der Waals surface area contributed by atoms with Crippen molar-refractivity contribution >= 4 is 34.6 Å². The predicted octanol–water partition coefficient (Wildman–Crippen LogP) is 3.90. The lowest BCUT2D eigenvalue weighted by Gasteiger charge is -2.05. The number of carbonyl (C=O) groups excluding carboxylic acids is 1. The summed E-state index contributed by atoms with van der Waals surface area (Å²) in [6.07, 6.45) is 4.71. The largest absolute Gasteiger partial charge is 0.288 e. The fraction of sp³-hybridized carbons (Fsp3) is 0. The Morgan fingerprint density at radius 2 is 1.87 bits per heavy atom. The van der Waals surface area contributed by atoms with E-state index in [1.165, 1.54) is 6.08 Å². The molecule has 2 N–H and O–H groups in total. The first kappa shape index (κ1) is 15.3. The third-order valence-electron chi connectivity index (χ3n) is 3.24. The molecular weight excluding hydrogens is 308 g/mol. The van der Waals surface area contributed by atoms with E-state index in [-0.39, 0.29) is 0 Å². The minimum atomic E-state index is -0.551. The average molecular weight is 322 g/mol. The van der Waals surface area contributed by atoms with E-state index >= 15 is 0 Å². The van der Waals surface area contributed by atoms with E-state index in [1.807, 2.05) is 48.5 Å². The number of nitrogens with one attached hydrogen (secondary N) is 1. The molecule has 0 unspecified atom stereocenters. The van der Waals surface area contributed by atoms with E-state index in [9.17, 15) is 4.79 Å². The molecule has 0 aliphatic carbocycles. The second-order valence-electron chi connectivity index (χ2n) is 4.81. The first-order valence-corrected chi connectivity index (χ1v) is 7.82. The number of carbonyl (C=O) groups is 1. The number of pyridine rings is 1. The molecule has 2 aromatic carbocycles. The zero-order valence-electron chi connectivity index (χ0n) is 12.1. The molecule has 1 aromatic heterocycles. The lowest BCUT2D eigenvalue weighted by molar-refractivity contribution is -0.124. The number of hydroxylamine groups is 1. The van der Waals surface area contributed by atoms with Crippen LogP contribution in [0.5, 0.6) is 0 Å². The molecule has 4 nitrogen and oxygen atoms in total. The highest BCUT2D eigenvalue weighted by atomic mass is 32.2. The number of amides is 1. The van der Waals surface area contributed by atoms with Gasteiger partial charge >= 0.3 is 0 Å². The first-order valence-electron chi connectivity index (χ1n) is 7.00. The molecule has 114 valence electrons. The molecule has 0 aliphatic rings. The van der Waals surface area contributed by atoms with Crippen LogP contribution in [0.4, 0.5) is 0 Å². The van der Waals surface area contributed by atoms with Gasteiger partial charge in [0.1, 0.15) is 0 Å². The smallest absolute Gasteiger partial charge is 0.267 e. The molecule has 0 saturated heterocycles. The summed E-state index contributed by atoms with van der Waals surface area (Å²) >= 11 is 1.65. The highest BCUT2D eigenvalue weighted by molar-refractivity contribution is 7.99. The third kappa shape index (κ3) is 3.77. The van der Waals surface area contributed by atoms with Gasteiger partial charge < -0.3 is 0 Å². The fourth-order valence-corrected chi connectivity index (χ4v) is 3.08. The summed E-state index contributed by atoms with van der Waals surface area (Å²) in [6, 6.07) is 17.9. The Morgan fingerprint density at radius 1 is 1.09 bits per heavy atom. The van der Waals surface area contributed by atoms with Crippen molar-refractivity contribution in [2.24, 2.45) is 0 Å². The minimum absolute atomic E-state index is 0.551. The van der Waals surface area contributed by atoms with Crippen LogP contribution < -0.4 is 5.48 Å². The number of nitrogens with zero attached hydrogens (tertiary/aromatic N) is 1. The average Bonchev–Trinajstić information content (AvgIpc) is 2.61. The van der Waals surface area contributed by atoms with Crippen LogP contribution in [0.15, 0.2) is 76.7 Å². The summed E-state index contributed by atoms with van der Waals surface area (Å²) in [5.74, 6) is -0.551. The molecule has 5 heteroatoms. The molecule has 0 atom stereocenters. The molecule has 0 fully saturated rings. The summed E-state index contributed by atoms with van der Waals surface area (Å²) in [5.41, 5.74) is 3.43. The molecule has 0 saturated carbocycles. The van der Waals surface area contributed by atoms with Crippen molar-refractivity contribution < 1.29 is 10.0 Å². The van der Waals surface area contributed by atoms with Gasteiger partial charge in [0.15, 0.2) is 0 Å². The second kappa shape index (κ2) is 7.09. The van der Waals surface area contributed by atoms with Gasteiger partial charge in [-0.2, -0.15) is 0 Å². The lowest BCUT2D eigenvalue weighted by atomic mass is 10.2. The zero-order chi connectivity index (χ0) is 16.1. The highest BCUT2D eigenvalue weighted by Gasteiger charge is 2.04. The summed E-state index contributed by atoms with van der Waals surface area (Å²) in [7, 11) is 0. The minimum Gasteiger partial charge on any atom is -0.288 e. The summed E-state index contributed by atoms with van der Waals surface area (Å²) < 4.78 is 0. The molecule has 23 heavy (non-hydrogen) atoms. The van der Waals surface area contributed by atoms with Crippen LogP contribution in [-0.2, 0) is 4.79 Å². The molecule has 1 amide bonds. The normalized spacial score (nSPS) is 11.0. The van der Waals surface area contributed by atoms with Gasteiger partial charge in [-0.1, -0.05) is 42.1 Å². The summed E-state index contributed by atoms with van der Waals surface area (Å²) in [4.78, 5) is 17.6. The van der Waals surface area contributed by atoms with Crippen LogP contribution in [0.1, 0.15) is 5.56 Å². The van der Waals surface area contributed by atoms with Crippen molar-refractivity contribution in [2.75, 3.05) is 0 Å². The van der Waals surface area contributed by atoms with Gasteiger partial charge in [0.2, 0.25) is 0 Å². The maximum atomic E-state index is 11.0. The van der Waals surface area contributed by atoms with Crippen LogP contribution >= 0.6 is 11.8 Å². The van der Waals surface area contributed by atoms with Crippen molar-refractivity contribution in [1.29, 1.82) is 0 Å². The van der Waals surface area contributed by atoms with E-state index < -0.39 is 5.91 Å². The number of fused-ring (bicyclic) bond motifs is 1. The molecule has 0 bridgehead atoms. The number of rotatable bonds is 4. The van der Waals surface area contributed by atoms with Crippen molar-refractivity contribution in [2.45, 2.75) is 9.79 Å². The predicted molar refractivity (Wildman–Crippen MR) is 91.3 cm³/mol. The highest BCUT2D eigenvalue weighted by Crippen LogP contribution is 2.32. The maximum Gasteiger partial charge on any atom is 0.267 e. The van der Waals surface area contributed by atoms with Gasteiger partial charge in [0.25, 0.3) is 5.91 Å². The maximum absolute atomic E-state index is 11.0. The first-order chi connectivity index (χ1) is 11.3. The Balaban J connectivity index is 1.80. The van der Waals surface area contributed by atoms with Gasteiger partial charge in [-0.25, -0.2) is 5.48 Å². The van der Waals surface area contributed by atoms with Gasteiger partial charge in [0, 0.05) is 27.5 Å². The fourth-order valence-electron chi connectivity index (χ4n) is 2.14. The Hall–Kier alpha value is -2.63. The topological polar surface area (TPSA) is 62.2 Å². The van der Waals surface area contributed by atoms with Crippen molar-refractivity contribution in [3.05, 3.63) is 72.4 Å².